The van der Waals surface area contributed by atoms with Gasteiger partial charge in [-0.1, -0.05) is 12.7 Å². The van der Waals surface area contributed by atoms with Crippen molar-refractivity contribution in [1.82, 2.24) is 0 Å². The molecule has 0 aromatic rings. The third-order valence-corrected chi connectivity index (χ3v) is 2.38. The molecular weight excluding hydrogens is 334 g/mol. The van der Waals surface area contributed by atoms with Crippen LogP contribution in [0.3, 0.4) is 0 Å². The molecule has 0 radical (unpaired) electrons. The van der Waals surface area contributed by atoms with E-state index in [4.69, 9.17) is 10.2 Å². The number of allylic oxidation sites excluding steroid dienone is 1. The van der Waals surface area contributed by atoms with Crippen LogP contribution in [0.25, 0.3) is 0 Å². The van der Waals surface area contributed by atoms with Crippen LogP contribution in [0.1, 0.15) is 27.2 Å². The highest BCUT2D eigenvalue weighted by molar-refractivity contribution is 5.85. The molecule has 0 aromatic carbocycles. The molecule has 0 amide bonds. The van der Waals surface area contributed by atoms with Gasteiger partial charge in [-0.2, -0.15) is 26.3 Å². The van der Waals surface area contributed by atoms with Gasteiger partial charge < -0.3 is 10.2 Å². The number of carboxylic acid groups (broad SMARTS) is 2. The molecule has 0 fully saturated rings. The second-order valence-electron chi connectivity index (χ2n) is 4.65. The third kappa shape index (κ3) is 7.20. The lowest BCUT2D eigenvalue weighted by atomic mass is 10.0. The van der Waals surface area contributed by atoms with Crippen molar-refractivity contribution in [2.45, 2.75) is 45.0 Å². The Morgan fingerprint density at radius 3 is 1.57 bits per heavy atom. The molecule has 0 bridgehead atoms. The van der Waals surface area contributed by atoms with Gasteiger partial charge in [-0.05, 0) is 13.8 Å². The SMILES string of the molecule is C=C(C)C(=O)O.CC(=CCC(F)(F)C(F)(F)C(C)(F)F)C(=O)O. The Hall–Kier alpha value is -2.00. The summed E-state index contributed by atoms with van der Waals surface area (Å²) in [6, 6.07) is 0. The van der Waals surface area contributed by atoms with Crippen molar-refractivity contribution in [2.24, 2.45) is 0 Å². The third-order valence-electron chi connectivity index (χ3n) is 2.38. The van der Waals surface area contributed by atoms with E-state index in [1.807, 2.05) is 0 Å². The monoisotopic (exact) mass is 350 g/mol. The highest BCUT2D eigenvalue weighted by Crippen LogP contribution is 2.47. The molecule has 134 valence electrons. The maximum absolute atomic E-state index is 12.9. The van der Waals surface area contributed by atoms with Crippen molar-refractivity contribution in [2.75, 3.05) is 0 Å². The average Bonchev–Trinajstić information content (AvgIpc) is 2.34. The van der Waals surface area contributed by atoms with Gasteiger partial charge in [-0.3, -0.25) is 0 Å². The predicted molar refractivity (Wildman–Crippen MR) is 69.0 cm³/mol. The van der Waals surface area contributed by atoms with Crippen molar-refractivity contribution >= 4 is 11.9 Å². The fourth-order valence-corrected chi connectivity index (χ4v) is 0.818. The lowest BCUT2D eigenvalue weighted by molar-refractivity contribution is -0.301. The molecule has 0 spiro atoms. The largest absolute Gasteiger partial charge is 0.478 e. The van der Waals surface area contributed by atoms with Crippen molar-refractivity contribution < 1.29 is 46.1 Å². The highest BCUT2D eigenvalue weighted by Gasteiger charge is 2.68. The molecule has 0 rings (SSSR count). The van der Waals surface area contributed by atoms with Crippen molar-refractivity contribution in [1.29, 1.82) is 0 Å². The summed E-state index contributed by atoms with van der Waals surface area (Å²) in [5, 5.41) is 16.2. The summed E-state index contributed by atoms with van der Waals surface area (Å²) in [5.74, 6) is -18.0. The number of hydrogen-bond acceptors (Lipinski definition) is 2. The minimum absolute atomic E-state index is 0.176. The Morgan fingerprint density at radius 2 is 1.35 bits per heavy atom. The molecule has 0 aliphatic rings. The number of carboxylic acids is 2. The van der Waals surface area contributed by atoms with Crippen LogP contribution < -0.4 is 0 Å². The molecule has 0 saturated heterocycles. The number of aliphatic carboxylic acids is 2. The number of halogens is 6. The Morgan fingerprint density at radius 1 is 1.00 bits per heavy atom. The maximum atomic E-state index is 12.9. The van der Waals surface area contributed by atoms with Crippen LogP contribution in [0.2, 0.25) is 0 Å². The first-order valence-corrected chi connectivity index (χ1v) is 5.89. The minimum Gasteiger partial charge on any atom is -0.478 e. The number of hydrogen-bond donors (Lipinski definition) is 2. The molecule has 0 aliphatic carbocycles. The van der Waals surface area contributed by atoms with E-state index in [-0.39, 0.29) is 18.6 Å². The van der Waals surface area contributed by atoms with Crippen LogP contribution >= 0.6 is 0 Å². The van der Waals surface area contributed by atoms with E-state index in [0.717, 1.165) is 6.92 Å². The Balaban J connectivity index is 0. The molecule has 0 saturated carbocycles. The van der Waals surface area contributed by atoms with Gasteiger partial charge in [-0.15, -0.1) is 0 Å². The molecule has 0 aromatic heterocycles. The first-order valence-electron chi connectivity index (χ1n) is 5.89. The lowest BCUT2D eigenvalue weighted by Gasteiger charge is -2.30. The fourth-order valence-electron chi connectivity index (χ4n) is 0.818. The first-order chi connectivity index (χ1) is 9.97. The van der Waals surface area contributed by atoms with Crippen LogP contribution in [0, 0.1) is 0 Å². The van der Waals surface area contributed by atoms with Crippen molar-refractivity contribution in [3.63, 3.8) is 0 Å². The topological polar surface area (TPSA) is 74.6 Å². The molecule has 2 N–H and O–H groups in total. The van der Waals surface area contributed by atoms with E-state index in [2.05, 4.69) is 6.58 Å². The number of alkyl halides is 6. The van der Waals surface area contributed by atoms with Crippen LogP contribution in [0.4, 0.5) is 26.3 Å². The van der Waals surface area contributed by atoms with Gasteiger partial charge in [0.25, 0.3) is 0 Å². The number of rotatable bonds is 6. The zero-order valence-corrected chi connectivity index (χ0v) is 12.5. The quantitative estimate of drug-likeness (QED) is 0.561. The van der Waals surface area contributed by atoms with E-state index in [1.54, 1.807) is 0 Å². The van der Waals surface area contributed by atoms with Gasteiger partial charge in [-0.25, -0.2) is 9.59 Å². The molecule has 0 aliphatic heterocycles. The lowest BCUT2D eigenvalue weighted by Crippen LogP contribution is -2.52. The molecule has 0 heterocycles. The van der Waals surface area contributed by atoms with Gasteiger partial charge in [0.05, 0.1) is 0 Å². The van der Waals surface area contributed by atoms with Gasteiger partial charge >= 0.3 is 29.7 Å². The van der Waals surface area contributed by atoms with Gasteiger partial charge in [0, 0.05) is 24.5 Å². The van der Waals surface area contributed by atoms with Crippen LogP contribution in [0.5, 0.6) is 0 Å². The van der Waals surface area contributed by atoms with E-state index >= 15 is 0 Å². The van der Waals surface area contributed by atoms with Crippen molar-refractivity contribution in [3.8, 4) is 0 Å². The standard InChI is InChI=1S/C9H10F6O2.C4H6O2/c1-5(6(16)17)3-4-8(12,13)9(14,15)7(2,10)11;1-3(2)4(5)6/h3H,4H2,1-2H3,(H,16,17);1H2,2H3,(H,5,6). The highest BCUT2D eigenvalue weighted by atomic mass is 19.3. The van der Waals surface area contributed by atoms with E-state index in [1.165, 1.54) is 6.92 Å². The molecule has 4 nitrogen and oxygen atoms in total. The summed E-state index contributed by atoms with van der Waals surface area (Å²) in [6.07, 6.45) is -1.50. The summed E-state index contributed by atoms with van der Waals surface area (Å²) in [6.45, 7) is 5.17. The Labute approximate surface area is 128 Å². The molecule has 23 heavy (non-hydrogen) atoms. The molecular formula is C13H16F6O4. The zero-order chi connectivity index (χ0) is 19.2. The smallest absolute Gasteiger partial charge is 0.371 e. The summed E-state index contributed by atoms with van der Waals surface area (Å²) in [5.41, 5.74) is -0.449. The van der Waals surface area contributed by atoms with Crippen molar-refractivity contribution in [3.05, 3.63) is 23.8 Å². The summed E-state index contributed by atoms with van der Waals surface area (Å²) >= 11 is 0. The van der Waals surface area contributed by atoms with Crippen LogP contribution in [0.15, 0.2) is 23.8 Å². The van der Waals surface area contributed by atoms with Crippen LogP contribution in [-0.2, 0) is 9.59 Å². The van der Waals surface area contributed by atoms with Crippen LogP contribution in [-0.4, -0.2) is 39.9 Å². The maximum Gasteiger partial charge on any atom is 0.371 e. The van der Waals surface area contributed by atoms with E-state index in [0.29, 0.717) is 0 Å². The minimum atomic E-state index is -5.55. The molecule has 10 heteroatoms. The average molecular weight is 350 g/mol. The second-order valence-corrected chi connectivity index (χ2v) is 4.65. The second kappa shape index (κ2) is 8.02. The fraction of sp³-hybridized carbons (Fsp3) is 0.538. The van der Waals surface area contributed by atoms with E-state index < -0.39 is 41.7 Å². The first kappa shape index (κ1) is 23.3. The summed E-state index contributed by atoms with van der Waals surface area (Å²) in [4.78, 5) is 19.8. The molecule has 0 atom stereocenters. The Bertz CT molecular complexity index is 479. The van der Waals surface area contributed by atoms with Gasteiger partial charge in [0.15, 0.2) is 0 Å². The van der Waals surface area contributed by atoms with Gasteiger partial charge in [0.1, 0.15) is 0 Å². The summed E-state index contributed by atoms with van der Waals surface area (Å²) in [7, 11) is 0. The summed E-state index contributed by atoms with van der Waals surface area (Å²) < 4.78 is 75.7. The predicted octanol–water partition coefficient (Wildman–Crippen LogP) is 3.98. The van der Waals surface area contributed by atoms with Gasteiger partial charge in [0.2, 0.25) is 0 Å². The number of carbonyl (C=O) groups is 2. The Kier molecular flexibility index (Phi) is 8.12. The zero-order valence-electron chi connectivity index (χ0n) is 12.5. The molecule has 0 unspecified atom stereocenters. The van der Waals surface area contributed by atoms with E-state index in [9.17, 15) is 35.9 Å². The normalized spacial score (nSPS) is 13.0.